The molecule has 0 aromatic carbocycles. The maximum absolute atomic E-state index is 4.06. The van der Waals surface area contributed by atoms with Gasteiger partial charge in [-0.05, 0) is 18.4 Å². The van der Waals surface area contributed by atoms with Crippen LogP contribution in [-0.4, -0.2) is 5.04 Å². The molecule has 0 aliphatic carbocycles. The molecule has 0 unspecified atom stereocenters. The van der Waals surface area contributed by atoms with Gasteiger partial charge in [-0.2, -0.15) is 0 Å². The Kier molecular flexibility index (Phi) is 1.92. The quantitative estimate of drug-likeness (QED) is 0.483. The van der Waals surface area contributed by atoms with E-state index in [-0.39, 0.29) is 0 Å². The third-order valence-electron chi connectivity index (χ3n) is 0.771. The molecule has 2 heteroatoms. The summed E-state index contributed by atoms with van der Waals surface area (Å²) in [6.07, 6.45) is 5.69. The summed E-state index contributed by atoms with van der Waals surface area (Å²) in [4.78, 5) is 4.06. The van der Waals surface area contributed by atoms with E-state index in [9.17, 15) is 0 Å². The maximum atomic E-state index is 4.06. The summed E-state index contributed by atoms with van der Waals surface area (Å²) >= 11 is 1.65. The molecule has 0 saturated carbocycles. The molecular weight excluding hydrogens is 118 g/mol. The zero-order valence-corrected chi connectivity index (χ0v) is 5.48. The summed E-state index contributed by atoms with van der Waals surface area (Å²) < 4.78 is 0. The van der Waals surface area contributed by atoms with Crippen molar-refractivity contribution < 1.29 is 0 Å². The molecule has 42 valence electrons. The molecule has 0 spiro atoms. The smallest absolute Gasteiger partial charge is 0.0742 e. The molecule has 1 aliphatic rings. The fourth-order valence-electron chi connectivity index (χ4n) is 0.411. The van der Waals surface area contributed by atoms with Crippen molar-refractivity contribution in [1.82, 2.24) is 0 Å². The van der Waals surface area contributed by atoms with Gasteiger partial charge in [-0.15, -0.1) is 0 Å². The zero-order valence-electron chi connectivity index (χ0n) is 4.66. The van der Waals surface area contributed by atoms with Gasteiger partial charge in [-0.1, -0.05) is 17.8 Å². The van der Waals surface area contributed by atoms with Crippen molar-refractivity contribution in [1.29, 1.82) is 0 Å². The van der Waals surface area contributed by atoms with Crippen molar-refractivity contribution in [3.63, 3.8) is 0 Å². The van der Waals surface area contributed by atoms with Gasteiger partial charge in [0.1, 0.15) is 0 Å². The minimum Gasteiger partial charge on any atom is -0.254 e. The Morgan fingerprint density at radius 3 is 3.25 bits per heavy atom. The van der Waals surface area contributed by atoms with E-state index in [0.29, 0.717) is 0 Å². The fourth-order valence-corrected chi connectivity index (χ4v) is 0.899. The lowest BCUT2D eigenvalue weighted by Crippen LogP contribution is -1.74. The van der Waals surface area contributed by atoms with Crippen LogP contribution in [-0.2, 0) is 0 Å². The Labute approximate surface area is 53.2 Å². The highest BCUT2D eigenvalue weighted by Gasteiger charge is 1.85. The molecule has 1 aliphatic heterocycles. The van der Waals surface area contributed by atoms with E-state index in [4.69, 9.17) is 0 Å². The number of allylic oxidation sites excluding steroid dienone is 2. The molecule has 0 fully saturated rings. The summed E-state index contributed by atoms with van der Waals surface area (Å²) in [5, 5.41) is 3.11. The molecule has 0 bridgehead atoms. The van der Waals surface area contributed by atoms with E-state index < -0.39 is 0 Å². The van der Waals surface area contributed by atoms with E-state index in [1.807, 2.05) is 24.5 Å². The normalized spacial score (nSPS) is 17.9. The van der Waals surface area contributed by atoms with E-state index in [2.05, 4.69) is 4.99 Å². The summed E-state index contributed by atoms with van der Waals surface area (Å²) in [5.41, 5.74) is 0. The molecule has 0 amide bonds. The van der Waals surface area contributed by atoms with Crippen molar-refractivity contribution >= 4 is 16.8 Å². The average Bonchev–Trinajstić information content (AvgIpc) is 1.94. The minimum absolute atomic E-state index is 1.09. The van der Waals surface area contributed by atoms with Crippen molar-refractivity contribution in [3.05, 3.63) is 23.8 Å². The molecule has 0 N–H and O–H groups in total. The number of aliphatic imine (C=N–C) groups is 1. The predicted octanol–water partition coefficient (Wildman–Crippen LogP) is 2.18. The standard InChI is InChI=1S/C6H7NS/c1-6-7-4-2-3-5-8-6/h2-5H,1H3. The highest BCUT2D eigenvalue weighted by atomic mass is 32.2. The highest BCUT2D eigenvalue weighted by Crippen LogP contribution is 2.07. The third-order valence-corrected chi connectivity index (χ3v) is 1.51. The monoisotopic (exact) mass is 125 g/mol. The Bertz CT molecular complexity index is 156. The van der Waals surface area contributed by atoms with Crippen LogP contribution in [0.4, 0.5) is 0 Å². The van der Waals surface area contributed by atoms with Crippen LogP contribution in [0.25, 0.3) is 0 Å². The molecular formula is C6H7NS. The Balaban J connectivity index is 2.69. The first-order chi connectivity index (χ1) is 3.89. The first kappa shape index (κ1) is 5.63. The van der Waals surface area contributed by atoms with Crippen LogP contribution in [0.5, 0.6) is 0 Å². The van der Waals surface area contributed by atoms with Gasteiger partial charge in [0.25, 0.3) is 0 Å². The highest BCUT2D eigenvalue weighted by molar-refractivity contribution is 8.16. The van der Waals surface area contributed by atoms with Crippen LogP contribution in [0.1, 0.15) is 6.92 Å². The number of rotatable bonds is 0. The maximum Gasteiger partial charge on any atom is 0.0742 e. The molecule has 1 nitrogen and oxygen atoms in total. The Hall–Kier alpha value is -0.500. The van der Waals surface area contributed by atoms with Crippen LogP contribution >= 0.6 is 11.8 Å². The second-order valence-corrected chi connectivity index (χ2v) is 2.53. The predicted molar refractivity (Wildman–Crippen MR) is 39.0 cm³/mol. The van der Waals surface area contributed by atoms with Crippen LogP contribution in [0.3, 0.4) is 0 Å². The van der Waals surface area contributed by atoms with Crippen LogP contribution in [0.15, 0.2) is 28.8 Å². The van der Waals surface area contributed by atoms with Gasteiger partial charge >= 0.3 is 0 Å². The number of nitrogens with zero attached hydrogens (tertiary/aromatic N) is 1. The van der Waals surface area contributed by atoms with Crippen molar-refractivity contribution in [2.24, 2.45) is 4.99 Å². The topological polar surface area (TPSA) is 12.4 Å². The molecule has 0 aromatic rings. The lowest BCUT2D eigenvalue weighted by atomic mass is 10.6. The largest absolute Gasteiger partial charge is 0.254 e. The van der Waals surface area contributed by atoms with Crippen molar-refractivity contribution in [2.75, 3.05) is 0 Å². The SMILES string of the molecule is CC1=NC=CC=CS1. The Morgan fingerprint density at radius 1 is 1.50 bits per heavy atom. The van der Waals surface area contributed by atoms with E-state index in [0.717, 1.165) is 5.04 Å². The van der Waals surface area contributed by atoms with Crippen LogP contribution in [0.2, 0.25) is 0 Å². The molecule has 8 heavy (non-hydrogen) atoms. The lowest BCUT2D eigenvalue weighted by molar-refractivity contribution is 1.57. The molecule has 1 rings (SSSR count). The summed E-state index contributed by atoms with van der Waals surface area (Å²) in [7, 11) is 0. The van der Waals surface area contributed by atoms with Crippen molar-refractivity contribution in [2.45, 2.75) is 6.92 Å². The average molecular weight is 125 g/mol. The molecule has 0 saturated heterocycles. The van der Waals surface area contributed by atoms with Gasteiger partial charge in [0.05, 0.1) is 5.04 Å². The van der Waals surface area contributed by atoms with Gasteiger partial charge in [0.15, 0.2) is 0 Å². The van der Waals surface area contributed by atoms with Crippen LogP contribution < -0.4 is 0 Å². The van der Waals surface area contributed by atoms with Crippen molar-refractivity contribution in [3.8, 4) is 0 Å². The summed E-state index contributed by atoms with van der Waals surface area (Å²) in [6, 6.07) is 0. The second kappa shape index (κ2) is 2.72. The first-order valence-corrected chi connectivity index (χ1v) is 3.30. The number of thioether (sulfide) groups is 1. The Morgan fingerprint density at radius 2 is 2.38 bits per heavy atom. The lowest BCUT2D eigenvalue weighted by Gasteiger charge is -1.84. The molecule has 1 heterocycles. The van der Waals surface area contributed by atoms with Gasteiger partial charge in [-0.3, -0.25) is 4.99 Å². The summed E-state index contributed by atoms with van der Waals surface area (Å²) in [5.74, 6) is 0. The molecule has 0 atom stereocenters. The number of hydrogen-bond donors (Lipinski definition) is 0. The van der Waals surface area contributed by atoms with Gasteiger partial charge < -0.3 is 0 Å². The van der Waals surface area contributed by atoms with Gasteiger partial charge in [-0.25, -0.2) is 0 Å². The molecule has 0 aromatic heterocycles. The van der Waals surface area contributed by atoms with Gasteiger partial charge in [0, 0.05) is 6.20 Å². The fraction of sp³-hybridized carbons (Fsp3) is 0.167. The summed E-state index contributed by atoms with van der Waals surface area (Å²) in [6.45, 7) is 1.99. The van der Waals surface area contributed by atoms with E-state index in [1.165, 1.54) is 0 Å². The van der Waals surface area contributed by atoms with E-state index in [1.54, 1.807) is 18.0 Å². The minimum atomic E-state index is 1.09. The molecule has 0 radical (unpaired) electrons. The second-order valence-electron chi connectivity index (χ2n) is 1.44. The van der Waals surface area contributed by atoms with Crippen LogP contribution in [0, 0.1) is 0 Å². The number of hydrogen-bond acceptors (Lipinski definition) is 2. The van der Waals surface area contributed by atoms with E-state index >= 15 is 0 Å². The van der Waals surface area contributed by atoms with Gasteiger partial charge in [0.2, 0.25) is 0 Å². The zero-order chi connectivity index (χ0) is 5.82. The first-order valence-electron chi connectivity index (χ1n) is 2.42. The third kappa shape index (κ3) is 1.54.